The predicted octanol–water partition coefficient (Wildman–Crippen LogP) is 2.20. The zero-order chi connectivity index (χ0) is 22.2. The van der Waals surface area contributed by atoms with Gasteiger partial charge in [0.15, 0.2) is 18.1 Å². The van der Waals surface area contributed by atoms with E-state index in [0.717, 1.165) is 12.8 Å². The molecule has 0 saturated heterocycles. The molecule has 10 heteroatoms. The second-order valence-electron chi connectivity index (χ2n) is 6.68. The number of carbonyl (C=O) groups is 3. The summed E-state index contributed by atoms with van der Waals surface area (Å²) in [6.07, 6.45) is 3.14. The second-order valence-corrected chi connectivity index (χ2v) is 7.54. The van der Waals surface area contributed by atoms with Gasteiger partial charge in [-0.15, -0.1) is 0 Å². The minimum atomic E-state index is -0.835. The Bertz CT molecular complexity index is 993. The van der Waals surface area contributed by atoms with Crippen LogP contribution < -0.4 is 25.5 Å². The molecule has 0 bridgehead atoms. The zero-order valence-corrected chi connectivity index (χ0v) is 18.3. The highest BCUT2D eigenvalue weighted by atomic mass is 79.9. The molecule has 31 heavy (non-hydrogen) atoms. The molecule has 1 aliphatic rings. The Morgan fingerprint density at radius 2 is 1.90 bits per heavy atom. The fourth-order valence-electron chi connectivity index (χ4n) is 2.51. The molecule has 0 radical (unpaired) electrons. The maximum atomic E-state index is 12.1. The van der Waals surface area contributed by atoms with Crippen LogP contribution in [0.2, 0.25) is 0 Å². The first-order chi connectivity index (χ1) is 15.0. The van der Waals surface area contributed by atoms with Crippen LogP contribution >= 0.6 is 15.9 Å². The lowest BCUT2D eigenvalue weighted by Crippen LogP contribution is -2.38. The number of hydrogen-bond donors (Lipinski definition) is 3. The summed E-state index contributed by atoms with van der Waals surface area (Å²) in [5, 5.41) is 9.09. The van der Waals surface area contributed by atoms with E-state index >= 15 is 0 Å². The highest BCUT2D eigenvalue weighted by Crippen LogP contribution is 2.36. The van der Waals surface area contributed by atoms with Crippen molar-refractivity contribution in [1.82, 2.24) is 10.7 Å². The van der Waals surface area contributed by atoms with Crippen molar-refractivity contribution in [3.05, 3.63) is 52.5 Å². The van der Waals surface area contributed by atoms with Crippen molar-refractivity contribution in [3.8, 4) is 11.5 Å². The maximum Gasteiger partial charge on any atom is 0.329 e. The number of hydrazone groups is 1. The van der Waals surface area contributed by atoms with Gasteiger partial charge in [-0.25, -0.2) is 5.43 Å². The Balaban J connectivity index is 1.58. The summed E-state index contributed by atoms with van der Waals surface area (Å²) in [7, 11) is 1.46. The molecule has 2 aromatic rings. The van der Waals surface area contributed by atoms with Gasteiger partial charge in [-0.3, -0.25) is 14.4 Å². The highest BCUT2D eigenvalue weighted by Gasteiger charge is 2.26. The van der Waals surface area contributed by atoms with Crippen LogP contribution in [0.15, 0.2) is 52.0 Å². The number of benzene rings is 2. The van der Waals surface area contributed by atoms with Crippen LogP contribution in [0.4, 0.5) is 5.69 Å². The van der Waals surface area contributed by atoms with E-state index in [0.29, 0.717) is 27.2 Å². The lowest BCUT2D eigenvalue weighted by atomic mass is 10.2. The molecule has 0 heterocycles. The van der Waals surface area contributed by atoms with Gasteiger partial charge < -0.3 is 20.1 Å². The van der Waals surface area contributed by atoms with Gasteiger partial charge in [0.25, 0.3) is 5.91 Å². The smallest absolute Gasteiger partial charge is 0.329 e. The van der Waals surface area contributed by atoms with E-state index in [9.17, 15) is 14.4 Å². The fraction of sp³-hybridized carbons (Fsp3) is 0.238. The van der Waals surface area contributed by atoms with Gasteiger partial charge in [0.05, 0.1) is 17.8 Å². The molecule has 2 aromatic carbocycles. The molecule has 162 valence electrons. The van der Waals surface area contributed by atoms with E-state index in [2.05, 4.69) is 37.1 Å². The number of nitrogens with one attached hydrogen (secondary N) is 3. The third-order valence-corrected chi connectivity index (χ3v) is 4.74. The van der Waals surface area contributed by atoms with E-state index in [1.165, 1.54) is 13.3 Å². The lowest BCUT2D eigenvalue weighted by Gasteiger charge is -2.13. The summed E-state index contributed by atoms with van der Waals surface area (Å²) in [5.74, 6) is -1.16. The number of para-hydroxylation sites is 1. The van der Waals surface area contributed by atoms with Crippen molar-refractivity contribution in [2.24, 2.45) is 5.10 Å². The third-order valence-electron chi connectivity index (χ3n) is 4.16. The SMILES string of the molecule is COc1cc(/C=N\NC(=O)C(=O)NC2CC2)cc(Br)c1OCC(=O)Nc1ccccc1. The van der Waals surface area contributed by atoms with Gasteiger partial charge in [0.2, 0.25) is 0 Å². The normalized spacial score (nSPS) is 12.8. The van der Waals surface area contributed by atoms with Crippen LogP contribution in [0.3, 0.4) is 0 Å². The van der Waals surface area contributed by atoms with Crippen LogP contribution in [0.1, 0.15) is 18.4 Å². The molecule has 3 rings (SSSR count). The molecule has 0 spiro atoms. The van der Waals surface area contributed by atoms with Gasteiger partial charge in [-0.2, -0.15) is 5.10 Å². The van der Waals surface area contributed by atoms with Crippen LogP contribution in [0.25, 0.3) is 0 Å². The van der Waals surface area contributed by atoms with Crippen LogP contribution in [0, 0.1) is 0 Å². The molecule has 1 fully saturated rings. The summed E-state index contributed by atoms with van der Waals surface area (Å²) in [5.41, 5.74) is 3.42. The van der Waals surface area contributed by atoms with Crippen LogP contribution in [-0.2, 0) is 14.4 Å². The molecule has 3 amide bonds. The molecular formula is C21H21BrN4O5. The van der Waals surface area contributed by atoms with E-state index in [4.69, 9.17) is 9.47 Å². The number of methoxy groups -OCH3 is 1. The summed E-state index contributed by atoms with van der Waals surface area (Å²) < 4.78 is 11.5. The van der Waals surface area contributed by atoms with Crippen molar-refractivity contribution in [3.63, 3.8) is 0 Å². The summed E-state index contributed by atoms with van der Waals surface area (Å²) in [6.45, 7) is -0.219. The summed E-state index contributed by atoms with van der Waals surface area (Å²) >= 11 is 3.38. The monoisotopic (exact) mass is 488 g/mol. The van der Waals surface area contributed by atoms with Crippen molar-refractivity contribution in [2.75, 3.05) is 19.0 Å². The number of hydrogen-bond acceptors (Lipinski definition) is 6. The average Bonchev–Trinajstić information content (AvgIpc) is 3.57. The Kier molecular flexibility index (Phi) is 7.60. The second kappa shape index (κ2) is 10.6. The standard InChI is InChI=1S/C21H21BrN4O5/c1-30-17-10-13(11-23-26-21(29)20(28)25-15-7-8-15)9-16(22)19(17)31-12-18(27)24-14-5-3-2-4-6-14/h2-6,9-11,15H,7-8,12H2,1H3,(H,24,27)(H,25,28)(H,26,29)/b23-11-. The molecule has 1 aliphatic carbocycles. The number of halogens is 1. The topological polar surface area (TPSA) is 118 Å². The first-order valence-corrected chi connectivity index (χ1v) is 10.2. The van der Waals surface area contributed by atoms with E-state index < -0.39 is 11.8 Å². The van der Waals surface area contributed by atoms with Crippen molar-refractivity contribution in [2.45, 2.75) is 18.9 Å². The summed E-state index contributed by atoms with van der Waals surface area (Å²) in [6, 6.07) is 12.4. The van der Waals surface area contributed by atoms with E-state index in [-0.39, 0.29) is 18.6 Å². The number of rotatable bonds is 8. The Hall–Kier alpha value is -3.40. The molecular weight excluding hydrogens is 468 g/mol. The predicted molar refractivity (Wildman–Crippen MR) is 118 cm³/mol. The molecule has 0 aliphatic heterocycles. The molecule has 0 atom stereocenters. The van der Waals surface area contributed by atoms with Crippen molar-refractivity contribution >= 4 is 45.6 Å². The molecule has 3 N–H and O–H groups in total. The lowest BCUT2D eigenvalue weighted by molar-refractivity contribution is -0.139. The van der Waals surface area contributed by atoms with Gasteiger partial charge in [-0.05, 0) is 58.6 Å². The van der Waals surface area contributed by atoms with Gasteiger partial charge in [0.1, 0.15) is 0 Å². The Morgan fingerprint density at radius 3 is 2.58 bits per heavy atom. The van der Waals surface area contributed by atoms with Crippen LogP contribution in [-0.4, -0.2) is 43.7 Å². The van der Waals surface area contributed by atoms with Gasteiger partial charge in [0, 0.05) is 11.7 Å². The number of anilines is 1. The quantitative estimate of drug-likeness (QED) is 0.299. The van der Waals surface area contributed by atoms with Crippen LogP contribution in [0.5, 0.6) is 11.5 Å². The molecule has 1 saturated carbocycles. The first-order valence-electron chi connectivity index (χ1n) is 9.45. The molecule has 0 unspecified atom stereocenters. The maximum absolute atomic E-state index is 12.1. The number of amides is 3. The number of carbonyl (C=O) groups excluding carboxylic acids is 3. The van der Waals surface area contributed by atoms with Crippen molar-refractivity contribution in [1.29, 1.82) is 0 Å². The minimum absolute atomic E-state index is 0.0877. The van der Waals surface area contributed by atoms with E-state index in [1.54, 1.807) is 24.3 Å². The minimum Gasteiger partial charge on any atom is -0.493 e. The fourth-order valence-corrected chi connectivity index (χ4v) is 3.08. The average molecular weight is 489 g/mol. The van der Waals surface area contributed by atoms with Gasteiger partial charge in [-0.1, -0.05) is 18.2 Å². The molecule has 0 aromatic heterocycles. The highest BCUT2D eigenvalue weighted by molar-refractivity contribution is 9.10. The number of nitrogens with zero attached hydrogens (tertiary/aromatic N) is 1. The Morgan fingerprint density at radius 1 is 1.16 bits per heavy atom. The first kappa shape index (κ1) is 22.3. The van der Waals surface area contributed by atoms with Gasteiger partial charge >= 0.3 is 11.8 Å². The third kappa shape index (κ3) is 6.82. The molecule has 9 nitrogen and oxygen atoms in total. The van der Waals surface area contributed by atoms with E-state index in [1.807, 2.05) is 18.2 Å². The van der Waals surface area contributed by atoms with Crippen molar-refractivity contribution < 1.29 is 23.9 Å². The zero-order valence-electron chi connectivity index (χ0n) is 16.7. The largest absolute Gasteiger partial charge is 0.493 e. The Labute approximate surface area is 187 Å². The number of ether oxygens (including phenoxy) is 2. The summed E-state index contributed by atoms with van der Waals surface area (Å²) in [4.78, 5) is 35.4.